The minimum absolute atomic E-state index is 0.126. The fourth-order valence-corrected chi connectivity index (χ4v) is 1.09. The summed E-state index contributed by atoms with van der Waals surface area (Å²) >= 11 is 0. The summed E-state index contributed by atoms with van der Waals surface area (Å²) in [5.74, 6) is 0. The molecule has 0 aliphatic rings. The molecule has 0 aliphatic heterocycles. The second-order valence-electron chi connectivity index (χ2n) is 2.52. The summed E-state index contributed by atoms with van der Waals surface area (Å²) in [7, 11) is 5.19. The zero-order chi connectivity index (χ0) is 8.01. The standard InChI is InChI=1S/C5H7BN4O/c1-9-4-3(7-5(9)11)10(2)6-8-4/h1-2H3,(H,7,11). The van der Waals surface area contributed by atoms with E-state index in [2.05, 4.69) is 9.88 Å². The van der Waals surface area contributed by atoms with Crippen molar-refractivity contribution in [2.24, 2.45) is 14.1 Å². The van der Waals surface area contributed by atoms with E-state index < -0.39 is 0 Å². The molecule has 6 heteroatoms. The number of nitrogens with one attached hydrogen (secondary N) is 1. The Morgan fingerprint density at radius 2 is 2.27 bits per heavy atom. The van der Waals surface area contributed by atoms with Gasteiger partial charge in [0.05, 0.1) is 0 Å². The fourth-order valence-electron chi connectivity index (χ4n) is 1.09. The molecule has 2 heterocycles. The molecule has 0 bridgehead atoms. The summed E-state index contributed by atoms with van der Waals surface area (Å²) in [6.07, 6.45) is 0. The van der Waals surface area contributed by atoms with Crippen LogP contribution in [-0.2, 0) is 14.1 Å². The van der Waals surface area contributed by atoms with Crippen LogP contribution < -0.4 is 5.69 Å². The molecule has 0 saturated carbocycles. The number of aryl methyl sites for hydroxylation is 2. The Balaban J connectivity index is 3.05. The number of rotatable bonds is 0. The van der Waals surface area contributed by atoms with Crippen molar-refractivity contribution in [3.8, 4) is 0 Å². The van der Waals surface area contributed by atoms with Crippen molar-refractivity contribution in [2.45, 2.75) is 0 Å². The van der Waals surface area contributed by atoms with Crippen LogP contribution in [0.2, 0.25) is 0 Å². The Morgan fingerprint density at radius 3 is 2.91 bits per heavy atom. The Morgan fingerprint density at radius 1 is 1.55 bits per heavy atom. The van der Waals surface area contributed by atoms with Crippen LogP contribution in [-0.4, -0.2) is 26.1 Å². The van der Waals surface area contributed by atoms with Crippen LogP contribution in [0.15, 0.2) is 4.79 Å². The first-order valence-electron chi connectivity index (χ1n) is 3.26. The minimum atomic E-state index is -0.126. The Kier molecular flexibility index (Phi) is 1.07. The van der Waals surface area contributed by atoms with E-state index >= 15 is 0 Å². The van der Waals surface area contributed by atoms with Crippen molar-refractivity contribution in [2.75, 3.05) is 0 Å². The molecule has 0 aliphatic carbocycles. The van der Waals surface area contributed by atoms with Gasteiger partial charge in [0, 0.05) is 0 Å². The topological polar surface area (TPSA) is 55.6 Å². The molecule has 0 fully saturated rings. The molecule has 56 valence electrons. The monoisotopic (exact) mass is 150 g/mol. The number of hydrogen-bond acceptors (Lipinski definition) is 2. The van der Waals surface area contributed by atoms with Gasteiger partial charge in [-0.25, -0.2) is 0 Å². The molecule has 5 nitrogen and oxygen atoms in total. The number of imidazole rings is 1. The molecule has 1 N–H and O–H groups in total. The average Bonchev–Trinajstić information content (AvgIpc) is 2.43. The quantitative estimate of drug-likeness (QED) is 0.520. The van der Waals surface area contributed by atoms with Gasteiger partial charge in [-0.1, -0.05) is 0 Å². The van der Waals surface area contributed by atoms with E-state index in [-0.39, 0.29) is 5.69 Å². The number of nitrogens with zero attached hydrogens (tertiary/aromatic N) is 3. The number of H-pyrrole nitrogens is 1. The molecule has 0 saturated heterocycles. The molecule has 0 radical (unpaired) electrons. The first kappa shape index (κ1) is 6.39. The molecule has 0 aromatic carbocycles. The van der Waals surface area contributed by atoms with E-state index in [4.69, 9.17) is 0 Å². The van der Waals surface area contributed by atoms with Crippen LogP contribution in [0.4, 0.5) is 0 Å². The summed E-state index contributed by atoms with van der Waals surface area (Å²) in [6.45, 7) is 0. The van der Waals surface area contributed by atoms with Crippen LogP contribution in [0.5, 0.6) is 0 Å². The molecule has 0 unspecified atom stereocenters. The first-order valence-corrected chi connectivity index (χ1v) is 3.26. The molecular formula is C5H7BN4O. The zero-order valence-corrected chi connectivity index (χ0v) is 6.33. The van der Waals surface area contributed by atoms with E-state index in [1.54, 1.807) is 18.7 Å². The van der Waals surface area contributed by atoms with Gasteiger partial charge < -0.3 is 0 Å². The van der Waals surface area contributed by atoms with Gasteiger partial charge in [-0.15, -0.1) is 0 Å². The van der Waals surface area contributed by atoms with Crippen LogP contribution in [0.1, 0.15) is 0 Å². The van der Waals surface area contributed by atoms with Gasteiger partial charge in [-0.2, -0.15) is 0 Å². The van der Waals surface area contributed by atoms with Crippen LogP contribution in [0.3, 0.4) is 0 Å². The van der Waals surface area contributed by atoms with Crippen LogP contribution >= 0.6 is 0 Å². The predicted octanol–water partition coefficient (Wildman–Crippen LogP) is -1.06. The third-order valence-electron chi connectivity index (χ3n) is 1.77. The molecule has 2 aromatic heterocycles. The Hall–Kier alpha value is -1.33. The van der Waals surface area contributed by atoms with E-state index in [0.29, 0.717) is 5.65 Å². The molecule has 2 aromatic rings. The SMILES string of the molecule is Cn1bnc2c1[nH]c(=O)n2C. The van der Waals surface area contributed by atoms with E-state index in [1.165, 1.54) is 4.57 Å². The van der Waals surface area contributed by atoms with E-state index in [0.717, 1.165) is 5.65 Å². The van der Waals surface area contributed by atoms with Gasteiger partial charge in [-0.3, -0.25) is 0 Å². The number of aromatic amines is 1. The number of aromatic nitrogens is 4. The second kappa shape index (κ2) is 1.84. The zero-order valence-electron chi connectivity index (χ0n) is 6.33. The summed E-state index contributed by atoms with van der Waals surface area (Å²) in [4.78, 5) is 17.7. The maximum atomic E-state index is 11.0. The van der Waals surface area contributed by atoms with E-state index in [1.807, 2.05) is 7.05 Å². The molecule has 0 atom stereocenters. The molecule has 0 spiro atoms. The van der Waals surface area contributed by atoms with Gasteiger partial charge in [-0.05, 0) is 0 Å². The average molecular weight is 150 g/mol. The summed E-state index contributed by atoms with van der Waals surface area (Å²) in [6, 6.07) is 0. The van der Waals surface area contributed by atoms with Gasteiger partial charge >= 0.3 is 62.0 Å². The summed E-state index contributed by atoms with van der Waals surface area (Å²) in [5.41, 5.74) is 1.33. The van der Waals surface area contributed by atoms with Crippen molar-refractivity contribution < 1.29 is 0 Å². The van der Waals surface area contributed by atoms with Crippen LogP contribution in [0.25, 0.3) is 11.3 Å². The third-order valence-corrected chi connectivity index (χ3v) is 1.77. The second-order valence-corrected chi connectivity index (χ2v) is 2.52. The normalized spacial score (nSPS) is 10.7. The fraction of sp³-hybridized carbons (Fsp3) is 0.400. The third kappa shape index (κ3) is 0.690. The number of fused-ring (bicyclic) bond motifs is 1. The van der Waals surface area contributed by atoms with Crippen molar-refractivity contribution in [3.63, 3.8) is 0 Å². The molecule has 11 heavy (non-hydrogen) atoms. The summed E-state index contributed by atoms with van der Waals surface area (Å²) < 4.78 is 3.26. The molecular weight excluding hydrogens is 143 g/mol. The Bertz CT molecular complexity index is 450. The van der Waals surface area contributed by atoms with Crippen molar-refractivity contribution in [1.29, 1.82) is 0 Å². The van der Waals surface area contributed by atoms with Gasteiger partial charge in [0.15, 0.2) is 0 Å². The van der Waals surface area contributed by atoms with Crippen molar-refractivity contribution in [3.05, 3.63) is 10.5 Å². The predicted molar refractivity (Wildman–Crippen MR) is 41.7 cm³/mol. The Labute approximate surface area is 62.9 Å². The van der Waals surface area contributed by atoms with E-state index in [9.17, 15) is 4.79 Å². The van der Waals surface area contributed by atoms with Crippen molar-refractivity contribution in [1.82, 2.24) is 18.9 Å². The molecule has 0 amide bonds. The maximum absolute atomic E-state index is 11.0. The molecule has 2 rings (SSSR count). The van der Waals surface area contributed by atoms with Crippen LogP contribution in [0, 0.1) is 0 Å². The first-order chi connectivity index (χ1) is 5.20. The van der Waals surface area contributed by atoms with Crippen molar-refractivity contribution >= 4 is 18.5 Å². The summed E-state index contributed by atoms with van der Waals surface area (Å²) in [5, 5.41) is 0. The number of hydrogen-bond donors (Lipinski definition) is 1. The van der Waals surface area contributed by atoms with Gasteiger partial charge in [0.1, 0.15) is 0 Å². The van der Waals surface area contributed by atoms with Gasteiger partial charge in [0.25, 0.3) is 0 Å². The van der Waals surface area contributed by atoms with Gasteiger partial charge in [0.2, 0.25) is 0 Å².